The molecular formula is C13H11Br2NO3. The first kappa shape index (κ1) is 14.3. The topological polar surface area (TPSA) is 51.5 Å². The van der Waals surface area contributed by atoms with Crippen molar-refractivity contribution in [2.24, 2.45) is 0 Å². The predicted molar refractivity (Wildman–Crippen MR) is 79.2 cm³/mol. The molecule has 0 aliphatic heterocycles. The summed E-state index contributed by atoms with van der Waals surface area (Å²) in [5.74, 6) is -0.0589. The van der Waals surface area contributed by atoms with Crippen LogP contribution in [0.4, 0.5) is 5.69 Å². The third-order valence-electron chi connectivity index (χ3n) is 2.45. The van der Waals surface area contributed by atoms with Gasteiger partial charge in [0.2, 0.25) is 0 Å². The van der Waals surface area contributed by atoms with Crippen molar-refractivity contribution in [3.8, 4) is 0 Å². The Kier molecular flexibility index (Phi) is 4.79. The normalized spacial score (nSPS) is 10.5. The number of ether oxygens (including phenoxy) is 1. The van der Waals surface area contributed by atoms with E-state index in [9.17, 15) is 4.79 Å². The van der Waals surface area contributed by atoms with E-state index in [2.05, 4.69) is 37.2 Å². The fourth-order valence-electron chi connectivity index (χ4n) is 1.59. The number of nitrogens with one attached hydrogen (secondary N) is 1. The van der Waals surface area contributed by atoms with E-state index in [1.807, 2.05) is 18.2 Å². The summed E-state index contributed by atoms with van der Waals surface area (Å²) in [4.78, 5) is 12.0. The van der Waals surface area contributed by atoms with E-state index in [0.29, 0.717) is 17.0 Å². The molecule has 1 heterocycles. The van der Waals surface area contributed by atoms with Gasteiger partial charge >= 0.3 is 0 Å². The fraction of sp³-hybridized carbons (Fsp3) is 0.154. The molecule has 0 bridgehead atoms. The molecule has 0 saturated carbocycles. The van der Waals surface area contributed by atoms with Crippen LogP contribution in [0.1, 0.15) is 16.1 Å². The van der Waals surface area contributed by atoms with E-state index in [-0.39, 0.29) is 11.7 Å². The molecule has 2 rings (SSSR count). The summed E-state index contributed by atoms with van der Waals surface area (Å²) in [6.07, 6.45) is 0. The molecule has 0 fully saturated rings. The van der Waals surface area contributed by atoms with Crippen molar-refractivity contribution in [2.75, 3.05) is 12.4 Å². The Bertz CT molecular complexity index is 595. The zero-order chi connectivity index (χ0) is 13.8. The Morgan fingerprint density at radius 2 is 2.11 bits per heavy atom. The van der Waals surface area contributed by atoms with Gasteiger partial charge in [-0.25, -0.2) is 0 Å². The number of benzene rings is 1. The van der Waals surface area contributed by atoms with Crippen LogP contribution in [0.3, 0.4) is 0 Å². The van der Waals surface area contributed by atoms with Gasteiger partial charge in [-0.3, -0.25) is 4.79 Å². The van der Waals surface area contributed by atoms with Crippen LogP contribution in [0.2, 0.25) is 0 Å². The van der Waals surface area contributed by atoms with Crippen molar-refractivity contribution in [2.45, 2.75) is 6.61 Å². The first-order valence-electron chi connectivity index (χ1n) is 5.45. The standard InChI is InChI=1S/C13H11Br2NO3/c1-18-7-8-9(14)3-2-4-10(8)16-13(17)11-5-6-12(15)19-11/h2-6H,7H2,1H3,(H,16,17). The maximum atomic E-state index is 12.0. The number of carbonyl (C=O) groups excluding carboxylic acids is 1. The average Bonchev–Trinajstić information content (AvgIpc) is 2.80. The highest BCUT2D eigenvalue weighted by Crippen LogP contribution is 2.26. The van der Waals surface area contributed by atoms with Gasteiger partial charge in [0.1, 0.15) is 0 Å². The van der Waals surface area contributed by atoms with E-state index < -0.39 is 0 Å². The lowest BCUT2D eigenvalue weighted by atomic mass is 10.2. The molecule has 0 aliphatic rings. The lowest BCUT2D eigenvalue weighted by Crippen LogP contribution is -2.13. The monoisotopic (exact) mass is 387 g/mol. The number of methoxy groups -OCH3 is 1. The molecule has 19 heavy (non-hydrogen) atoms. The van der Waals surface area contributed by atoms with Crippen LogP contribution in [-0.4, -0.2) is 13.0 Å². The Labute approximate surface area is 127 Å². The van der Waals surface area contributed by atoms with Crippen LogP contribution < -0.4 is 5.32 Å². The third kappa shape index (κ3) is 3.46. The summed E-state index contributed by atoms with van der Waals surface area (Å²) in [6.45, 7) is 0.402. The zero-order valence-corrected chi connectivity index (χ0v) is 13.2. The minimum atomic E-state index is -0.304. The molecule has 1 aromatic heterocycles. The van der Waals surface area contributed by atoms with Crippen LogP contribution in [0.5, 0.6) is 0 Å². The number of amides is 1. The van der Waals surface area contributed by atoms with Gasteiger partial charge in [0.25, 0.3) is 5.91 Å². The first-order chi connectivity index (χ1) is 9.11. The number of hydrogen-bond donors (Lipinski definition) is 1. The van der Waals surface area contributed by atoms with Crippen molar-refractivity contribution in [1.29, 1.82) is 0 Å². The Balaban J connectivity index is 2.23. The highest BCUT2D eigenvalue weighted by molar-refractivity contribution is 9.10. The summed E-state index contributed by atoms with van der Waals surface area (Å²) in [6, 6.07) is 8.83. The van der Waals surface area contributed by atoms with Crippen molar-refractivity contribution in [1.82, 2.24) is 0 Å². The lowest BCUT2D eigenvalue weighted by Gasteiger charge is -2.11. The first-order valence-corrected chi connectivity index (χ1v) is 7.03. The maximum absolute atomic E-state index is 12.0. The minimum absolute atomic E-state index is 0.246. The van der Waals surface area contributed by atoms with E-state index in [4.69, 9.17) is 9.15 Å². The van der Waals surface area contributed by atoms with Crippen molar-refractivity contribution in [3.05, 3.63) is 50.8 Å². The Morgan fingerprint density at radius 3 is 2.74 bits per heavy atom. The van der Waals surface area contributed by atoms with E-state index in [0.717, 1.165) is 10.0 Å². The van der Waals surface area contributed by atoms with Crippen molar-refractivity contribution >= 4 is 43.5 Å². The number of furan rings is 1. The van der Waals surface area contributed by atoms with Crippen molar-refractivity contribution in [3.63, 3.8) is 0 Å². The summed E-state index contributed by atoms with van der Waals surface area (Å²) in [5.41, 5.74) is 1.57. The van der Waals surface area contributed by atoms with Crippen molar-refractivity contribution < 1.29 is 13.9 Å². The second-order valence-electron chi connectivity index (χ2n) is 3.76. The number of hydrogen-bond acceptors (Lipinski definition) is 3. The number of rotatable bonds is 4. The molecule has 0 atom stereocenters. The highest BCUT2D eigenvalue weighted by Gasteiger charge is 2.14. The van der Waals surface area contributed by atoms with Gasteiger partial charge in [-0.1, -0.05) is 22.0 Å². The molecular weight excluding hydrogens is 378 g/mol. The molecule has 0 spiro atoms. The largest absolute Gasteiger partial charge is 0.444 e. The van der Waals surface area contributed by atoms with Gasteiger partial charge in [-0.2, -0.15) is 0 Å². The highest BCUT2D eigenvalue weighted by atomic mass is 79.9. The van der Waals surface area contributed by atoms with Crippen LogP contribution in [-0.2, 0) is 11.3 Å². The predicted octanol–water partition coefficient (Wildman–Crippen LogP) is 4.20. The summed E-state index contributed by atoms with van der Waals surface area (Å²) >= 11 is 6.60. The zero-order valence-electron chi connectivity index (χ0n) is 10.1. The molecule has 0 saturated heterocycles. The summed E-state index contributed by atoms with van der Waals surface area (Å²) in [7, 11) is 1.61. The SMILES string of the molecule is COCc1c(Br)cccc1NC(=O)c1ccc(Br)o1. The summed E-state index contributed by atoms with van der Waals surface area (Å²) < 4.78 is 11.7. The Morgan fingerprint density at radius 1 is 1.32 bits per heavy atom. The number of carbonyl (C=O) groups is 1. The van der Waals surface area contributed by atoms with Gasteiger partial charge in [-0.05, 0) is 40.2 Å². The van der Waals surface area contributed by atoms with Crippen LogP contribution in [0.25, 0.3) is 0 Å². The minimum Gasteiger partial charge on any atom is -0.444 e. The molecule has 6 heteroatoms. The molecule has 1 N–H and O–H groups in total. The van der Waals surface area contributed by atoms with Gasteiger partial charge in [0, 0.05) is 22.8 Å². The molecule has 1 aromatic carbocycles. The summed E-state index contributed by atoms with van der Waals surface area (Å²) in [5, 5.41) is 2.80. The molecule has 1 amide bonds. The van der Waals surface area contributed by atoms with Crippen LogP contribution >= 0.6 is 31.9 Å². The number of halogens is 2. The molecule has 4 nitrogen and oxygen atoms in total. The maximum Gasteiger partial charge on any atom is 0.291 e. The van der Waals surface area contributed by atoms with E-state index in [1.165, 1.54) is 0 Å². The Hall–Kier alpha value is -1.11. The molecule has 100 valence electrons. The van der Waals surface area contributed by atoms with Gasteiger partial charge in [0.15, 0.2) is 10.4 Å². The molecule has 0 unspecified atom stereocenters. The lowest BCUT2D eigenvalue weighted by molar-refractivity contribution is 0.0995. The van der Waals surface area contributed by atoms with Gasteiger partial charge in [-0.15, -0.1) is 0 Å². The number of anilines is 1. The second-order valence-corrected chi connectivity index (χ2v) is 5.39. The molecule has 0 radical (unpaired) electrons. The van der Waals surface area contributed by atoms with Gasteiger partial charge < -0.3 is 14.5 Å². The fourth-order valence-corrected chi connectivity index (χ4v) is 2.37. The molecule has 0 aliphatic carbocycles. The van der Waals surface area contributed by atoms with E-state index >= 15 is 0 Å². The third-order valence-corrected chi connectivity index (χ3v) is 3.62. The second kappa shape index (κ2) is 6.36. The van der Waals surface area contributed by atoms with E-state index in [1.54, 1.807) is 19.2 Å². The average molecular weight is 389 g/mol. The quantitative estimate of drug-likeness (QED) is 0.853. The molecule has 2 aromatic rings. The van der Waals surface area contributed by atoms with Crippen LogP contribution in [0.15, 0.2) is 43.9 Å². The smallest absolute Gasteiger partial charge is 0.291 e. The van der Waals surface area contributed by atoms with Crippen LogP contribution in [0, 0.1) is 0 Å². The van der Waals surface area contributed by atoms with Gasteiger partial charge in [0.05, 0.1) is 6.61 Å².